The molecule has 2 heteroatoms. The molecular formula is C17H27NO. The fourth-order valence-electron chi connectivity index (χ4n) is 2.63. The maximum Gasteiger partial charge on any atom is 0.219 e. The molecule has 0 heterocycles. The molecule has 2 atom stereocenters. The Hall–Kier alpha value is -1.31. The Morgan fingerprint density at radius 2 is 1.74 bits per heavy atom. The van der Waals surface area contributed by atoms with E-state index in [0.29, 0.717) is 11.8 Å². The van der Waals surface area contributed by atoms with Gasteiger partial charge in [-0.2, -0.15) is 0 Å². The van der Waals surface area contributed by atoms with E-state index in [2.05, 4.69) is 52.0 Å². The highest BCUT2D eigenvalue weighted by Gasteiger charge is 2.23. The van der Waals surface area contributed by atoms with Crippen LogP contribution in [0.3, 0.4) is 0 Å². The highest BCUT2D eigenvalue weighted by Crippen LogP contribution is 2.27. The number of carbonyl (C=O) groups excluding carboxylic acids is 1. The predicted octanol–water partition coefficient (Wildman–Crippen LogP) is 4.07. The summed E-state index contributed by atoms with van der Waals surface area (Å²) in [5, 5.41) is 0. The molecule has 1 amide bonds. The zero-order chi connectivity index (χ0) is 14.4. The van der Waals surface area contributed by atoms with Crippen LogP contribution in [0.15, 0.2) is 30.3 Å². The van der Waals surface area contributed by atoms with Crippen LogP contribution in [0.25, 0.3) is 0 Å². The van der Waals surface area contributed by atoms with E-state index < -0.39 is 0 Å². The number of hydrogen-bond donors (Lipinski definition) is 0. The van der Waals surface area contributed by atoms with E-state index in [1.807, 2.05) is 11.0 Å². The molecule has 0 fully saturated rings. The highest BCUT2D eigenvalue weighted by atomic mass is 16.2. The number of amides is 1. The second-order valence-electron chi connectivity index (χ2n) is 5.63. The number of carbonyl (C=O) groups is 1. The smallest absolute Gasteiger partial charge is 0.219 e. The molecule has 0 radical (unpaired) electrons. The van der Waals surface area contributed by atoms with E-state index in [1.54, 1.807) is 6.92 Å². The Morgan fingerprint density at radius 3 is 2.16 bits per heavy atom. The maximum absolute atomic E-state index is 11.7. The minimum Gasteiger partial charge on any atom is -0.340 e. The van der Waals surface area contributed by atoms with Gasteiger partial charge in [0, 0.05) is 19.5 Å². The second kappa shape index (κ2) is 7.32. The fraction of sp³-hybridized carbons (Fsp3) is 0.588. The quantitative estimate of drug-likeness (QED) is 0.756. The summed E-state index contributed by atoms with van der Waals surface area (Å²) in [5.74, 6) is 1.16. The summed E-state index contributed by atoms with van der Waals surface area (Å²) < 4.78 is 0. The van der Waals surface area contributed by atoms with E-state index in [9.17, 15) is 4.79 Å². The lowest BCUT2D eigenvalue weighted by Crippen LogP contribution is -2.40. The molecule has 2 nitrogen and oxygen atoms in total. The molecule has 0 aromatic heterocycles. The van der Waals surface area contributed by atoms with Crippen LogP contribution < -0.4 is 0 Å². The third kappa shape index (κ3) is 4.38. The van der Waals surface area contributed by atoms with E-state index in [-0.39, 0.29) is 11.9 Å². The van der Waals surface area contributed by atoms with Crippen molar-refractivity contribution < 1.29 is 4.79 Å². The summed E-state index contributed by atoms with van der Waals surface area (Å²) in [6.07, 6.45) is 1.09. The zero-order valence-electron chi connectivity index (χ0n) is 12.9. The summed E-state index contributed by atoms with van der Waals surface area (Å²) in [6, 6.07) is 10.9. The lowest BCUT2D eigenvalue weighted by Gasteiger charge is -2.32. The third-order valence-electron chi connectivity index (χ3n) is 4.02. The molecule has 1 rings (SSSR count). The van der Waals surface area contributed by atoms with Crippen LogP contribution >= 0.6 is 0 Å². The molecular weight excluding hydrogens is 234 g/mol. The van der Waals surface area contributed by atoms with Crippen molar-refractivity contribution in [3.63, 3.8) is 0 Å². The SMILES string of the molecule is CCC(CN(C(C)=O)C(C)C)C(C)c1ccccc1. The van der Waals surface area contributed by atoms with Gasteiger partial charge < -0.3 is 4.90 Å². The van der Waals surface area contributed by atoms with Gasteiger partial charge in [-0.25, -0.2) is 0 Å². The second-order valence-corrected chi connectivity index (χ2v) is 5.63. The Kier molecular flexibility index (Phi) is 6.07. The Labute approximate surface area is 117 Å². The van der Waals surface area contributed by atoms with Crippen LogP contribution in [-0.2, 0) is 4.79 Å². The molecule has 1 aromatic carbocycles. The highest BCUT2D eigenvalue weighted by molar-refractivity contribution is 5.73. The number of benzene rings is 1. The molecule has 19 heavy (non-hydrogen) atoms. The number of rotatable bonds is 6. The molecule has 0 spiro atoms. The van der Waals surface area contributed by atoms with Crippen molar-refractivity contribution in [3.8, 4) is 0 Å². The van der Waals surface area contributed by atoms with Gasteiger partial charge in [-0.1, -0.05) is 50.6 Å². The summed E-state index contributed by atoms with van der Waals surface area (Å²) in [5.41, 5.74) is 1.36. The molecule has 0 bridgehead atoms. The molecule has 106 valence electrons. The van der Waals surface area contributed by atoms with Gasteiger partial charge in [0.15, 0.2) is 0 Å². The van der Waals surface area contributed by atoms with E-state index in [0.717, 1.165) is 13.0 Å². The average molecular weight is 261 g/mol. The maximum atomic E-state index is 11.7. The minimum atomic E-state index is 0.175. The largest absolute Gasteiger partial charge is 0.340 e. The molecule has 0 N–H and O–H groups in total. The fourth-order valence-corrected chi connectivity index (χ4v) is 2.63. The van der Waals surface area contributed by atoms with Crippen molar-refractivity contribution in [2.75, 3.05) is 6.54 Å². The van der Waals surface area contributed by atoms with E-state index in [1.165, 1.54) is 5.56 Å². The van der Waals surface area contributed by atoms with Crippen LogP contribution in [0.5, 0.6) is 0 Å². The van der Waals surface area contributed by atoms with Crippen LogP contribution in [0, 0.1) is 5.92 Å². The van der Waals surface area contributed by atoms with Gasteiger partial charge >= 0.3 is 0 Å². The lowest BCUT2D eigenvalue weighted by atomic mass is 9.85. The normalized spacial score (nSPS) is 14.2. The van der Waals surface area contributed by atoms with Gasteiger partial charge in [-0.05, 0) is 31.2 Å². The monoisotopic (exact) mass is 261 g/mol. The van der Waals surface area contributed by atoms with Crippen molar-refractivity contribution >= 4 is 5.91 Å². The van der Waals surface area contributed by atoms with Gasteiger partial charge in [0.25, 0.3) is 0 Å². The first-order valence-electron chi connectivity index (χ1n) is 7.29. The van der Waals surface area contributed by atoms with E-state index >= 15 is 0 Å². The van der Waals surface area contributed by atoms with Crippen molar-refractivity contribution in [1.82, 2.24) is 4.90 Å². The van der Waals surface area contributed by atoms with Gasteiger partial charge in [0.1, 0.15) is 0 Å². The molecule has 0 aliphatic rings. The van der Waals surface area contributed by atoms with Gasteiger partial charge in [0.2, 0.25) is 5.91 Å². The Bertz CT molecular complexity index is 386. The minimum absolute atomic E-state index is 0.175. The van der Waals surface area contributed by atoms with Gasteiger partial charge in [0.05, 0.1) is 0 Å². The summed E-state index contributed by atoms with van der Waals surface area (Å²) >= 11 is 0. The van der Waals surface area contributed by atoms with Crippen molar-refractivity contribution in [2.24, 2.45) is 5.92 Å². The molecule has 2 unspecified atom stereocenters. The van der Waals surface area contributed by atoms with Gasteiger partial charge in [-0.15, -0.1) is 0 Å². The topological polar surface area (TPSA) is 20.3 Å². The summed E-state index contributed by atoms with van der Waals surface area (Å²) in [4.78, 5) is 13.7. The molecule has 0 aliphatic carbocycles. The van der Waals surface area contributed by atoms with E-state index in [4.69, 9.17) is 0 Å². The molecule has 1 aromatic rings. The average Bonchev–Trinajstić information content (AvgIpc) is 2.39. The van der Waals surface area contributed by atoms with Crippen LogP contribution in [0.1, 0.15) is 52.5 Å². The first kappa shape index (κ1) is 15.7. The van der Waals surface area contributed by atoms with Crippen molar-refractivity contribution in [1.29, 1.82) is 0 Å². The number of nitrogens with zero attached hydrogens (tertiary/aromatic N) is 1. The Morgan fingerprint density at radius 1 is 1.16 bits per heavy atom. The van der Waals surface area contributed by atoms with Crippen molar-refractivity contribution in [2.45, 2.75) is 53.0 Å². The van der Waals surface area contributed by atoms with Crippen LogP contribution in [0.2, 0.25) is 0 Å². The summed E-state index contributed by atoms with van der Waals surface area (Å²) in [6.45, 7) is 11.2. The molecule has 0 saturated carbocycles. The van der Waals surface area contributed by atoms with Crippen LogP contribution in [-0.4, -0.2) is 23.4 Å². The summed E-state index contributed by atoms with van der Waals surface area (Å²) in [7, 11) is 0. The first-order valence-corrected chi connectivity index (χ1v) is 7.29. The molecule has 0 saturated heterocycles. The zero-order valence-corrected chi connectivity index (χ0v) is 12.9. The van der Waals surface area contributed by atoms with Crippen LogP contribution in [0.4, 0.5) is 0 Å². The third-order valence-corrected chi connectivity index (χ3v) is 4.02. The first-order chi connectivity index (χ1) is 8.97. The number of hydrogen-bond acceptors (Lipinski definition) is 1. The predicted molar refractivity (Wildman–Crippen MR) is 81.2 cm³/mol. The molecule has 0 aliphatic heterocycles. The lowest BCUT2D eigenvalue weighted by molar-refractivity contribution is -0.131. The standard InChI is InChI=1S/C17H27NO/c1-6-16(12-18(13(2)3)15(5)19)14(4)17-10-8-7-9-11-17/h7-11,13-14,16H,6,12H2,1-5H3. The Balaban J connectivity index is 2.80. The van der Waals surface area contributed by atoms with Crippen molar-refractivity contribution in [3.05, 3.63) is 35.9 Å². The van der Waals surface area contributed by atoms with Gasteiger partial charge in [-0.3, -0.25) is 4.79 Å².